The molecule has 4 heteroatoms. The number of hydrogen-bond donors (Lipinski definition) is 1. The Morgan fingerprint density at radius 1 is 1.45 bits per heavy atom. The minimum absolute atomic E-state index is 0.149. The first-order valence-corrected chi connectivity index (χ1v) is 3.45. The number of hydrogen-bond acceptors (Lipinski definition) is 3. The van der Waals surface area contributed by atoms with Gasteiger partial charge >= 0.3 is 0 Å². The first-order chi connectivity index (χ1) is 4.95. The smallest absolute Gasteiger partial charge is 0.243 e. The van der Waals surface area contributed by atoms with Crippen LogP contribution in [0.15, 0.2) is 0 Å². The van der Waals surface area contributed by atoms with Crippen LogP contribution in [0.5, 0.6) is 0 Å². The first kappa shape index (κ1) is 10.1. The standard InChI is InChI=1S/C7H13NO3/c1-5(2)7(10)4-8(11)6(3)9/h5,11H,4H2,1-3H3. The number of carbonyl (C=O) groups is 2. The van der Waals surface area contributed by atoms with Crippen LogP contribution in [-0.4, -0.2) is 28.5 Å². The third kappa shape index (κ3) is 3.72. The summed E-state index contributed by atoms with van der Waals surface area (Å²) in [6.45, 7) is 4.42. The van der Waals surface area contributed by atoms with E-state index < -0.39 is 5.91 Å². The largest absolute Gasteiger partial charge is 0.297 e. The second kappa shape index (κ2) is 4.08. The molecule has 0 aliphatic carbocycles. The minimum Gasteiger partial charge on any atom is -0.297 e. The van der Waals surface area contributed by atoms with Crippen molar-refractivity contribution in [1.82, 2.24) is 5.06 Å². The van der Waals surface area contributed by atoms with Crippen molar-refractivity contribution >= 4 is 11.7 Å². The summed E-state index contributed by atoms with van der Waals surface area (Å²) in [4.78, 5) is 21.3. The van der Waals surface area contributed by atoms with Crippen molar-refractivity contribution in [2.75, 3.05) is 6.54 Å². The van der Waals surface area contributed by atoms with Crippen LogP contribution in [0.1, 0.15) is 20.8 Å². The average Bonchev–Trinajstić information content (AvgIpc) is 1.87. The maximum atomic E-state index is 10.9. The van der Waals surface area contributed by atoms with E-state index in [2.05, 4.69) is 0 Å². The molecule has 0 heterocycles. The van der Waals surface area contributed by atoms with Crippen LogP contribution < -0.4 is 0 Å². The molecule has 0 radical (unpaired) electrons. The van der Waals surface area contributed by atoms with E-state index in [1.54, 1.807) is 13.8 Å². The first-order valence-electron chi connectivity index (χ1n) is 3.45. The topological polar surface area (TPSA) is 57.6 Å². The molecule has 0 aliphatic heterocycles. The normalized spacial score (nSPS) is 9.91. The van der Waals surface area contributed by atoms with Gasteiger partial charge in [0.15, 0.2) is 5.78 Å². The van der Waals surface area contributed by atoms with Gasteiger partial charge in [-0.05, 0) is 0 Å². The lowest BCUT2D eigenvalue weighted by atomic mass is 10.1. The van der Waals surface area contributed by atoms with Gasteiger partial charge in [-0.3, -0.25) is 14.8 Å². The van der Waals surface area contributed by atoms with Crippen LogP contribution in [-0.2, 0) is 9.59 Å². The molecule has 0 atom stereocenters. The molecule has 4 nitrogen and oxygen atoms in total. The zero-order chi connectivity index (χ0) is 9.02. The highest BCUT2D eigenvalue weighted by molar-refractivity contribution is 5.85. The van der Waals surface area contributed by atoms with Gasteiger partial charge in [-0.25, -0.2) is 5.06 Å². The van der Waals surface area contributed by atoms with Crippen LogP contribution in [0, 0.1) is 5.92 Å². The van der Waals surface area contributed by atoms with Gasteiger partial charge in [0.05, 0.1) is 0 Å². The fraction of sp³-hybridized carbons (Fsp3) is 0.714. The Balaban J connectivity index is 3.85. The fourth-order valence-corrected chi connectivity index (χ4v) is 0.442. The second-order valence-electron chi connectivity index (χ2n) is 2.70. The third-order valence-corrected chi connectivity index (χ3v) is 1.31. The Hall–Kier alpha value is -0.900. The van der Waals surface area contributed by atoms with Gasteiger partial charge in [0.25, 0.3) is 0 Å². The van der Waals surface area contributed by atoms with Crippen molar-refractivity contribution < 1.29 is 14.8 Å². The molecule has 0 saturated heterocycles. The Kier molecular flexibility index (Phi) is 3.74. The number of carbonyl (C=O) groups excluding carboxylic acids is 2. The molecule has 11 heavy (non-hydrogen) atoms. The molecule has 0 spiro atoms. The summed E-state index contributed by atoms with van der Waals surface area (Å²) < 4.78 is 0. The molecular formula is C7H13NO3. The zero-order valence-electron chi connectivity index (χ0n) is 7.00. The second-order valence-corrected chi connectivity index (χ2v) is 2.70. The van der Waals surface area contributed by atoms with Crippen LogP contribution in [0.4, 0.5) is 0 Å². The quantitative estimate of drug-likeness (QED) is 0.480. The number of Topliss-reactive ketones (excluding diaryl/α,β-unsaturated/α-hetero) is 1. The van der Waals surface area contributed by atoms with Gasteiger partial charge in [0, 0.05) is 12.8 Å². The number of hydroxylamine groups is 2. The highest BCUT2D eigenvalue weighted by Gasteiger charge is 2.13. The molecule has 1 N–H and O–H groups in total. The lowest BCUT2D eigenvalue weighted by Gasteiger charge is -2.12. The lowest BCUT2D eigenvalue weighted by molar-refractivity contribution is -0.166. The highest BCUT2D eigenvalue weighted by atomic mass is 16.5. The van der Waals surface area contributed by atoms with Gasteiger partial charge in [-0.15, -0.1) is 0 Å². The van der Waals surface area contributed by atoms with E-state index in [0.717, 1.165) is 0 Å². The van der Waals surface area contributed by atoms with E-state index in [9.17, 15) is 9.59 Å². The Bertz CT molecular complexity index is 165. The summed E-state index contributed by atoms with van der Waals surface area (Å²) in [5.74, 6) is -0.814. The highest BCUT2D eigenvalue weighted by Crippen LogP contribution is 1.95. The predicted molar refractivity (Wildman–Crippen MR) is 39.0 cm³/mol. The summed E-state index contributed by atoms with van der Waals surface area (Å²) in [5.41, 5.74) is 0. The molecule has 0 saturated carbocycles. The average molecular weight is 159 g/mol. The summed E-state index contributed by atoms with van der Waals surface area (Å²) in [6.07, 6.45) is 0. The van der Waals surface area contributed by atoms with Crippen LogP contribution in [0.3, 0.4) is 0 Å². The van der Waals surface area contributed by atoms with Gasteiger partial charge in [-0.2, -0.15) is 0 Å². The molecule has 64 valence electrons. The van der Waals surface area contributed by atoms with Crippen molar-refractivity contribution in [3.05, 3.63) is 0 Å². The number of rotatable bonds is 3. The molecule has 0 aromatic heterocycles. The van der Waals surface area contributed by atoms with E-state index in [4.69, 9.17) is 5.21 Å². The molecule has 0 fully saturated rings. The molecule has 0 bridgehead atoms. The van der Waals surface area contributed by atoms with E-state index in [0.29, 0.717) is 5.06 Å². The molecule has 0 aromatic rings. The van der Waals surface area contributed by atoms with E-state index in [1.807, 2.05) is 0 Å². The van der Waals surface area contributed by atoms with Gasteiger partial charge < -0.3 is 0 Å². The van der Waals surface area contributed by atoms with E-state index >= 15 is 0 Å². The number of ketones is 1. The van der Waals surface area contributed by atoms with Gasteiger partial charge in [-0.1, -0.05) is 13.8 Å². The van der Waals surface area contributed by atoms with Crippen molar-refractivity contribution in [3.8, 4) is 0 Å². The summed E-state index contributed by atoms with van der Waals surface area (Å²) >= 11 is 0. The number of amides is 1. The SMILES string of the molecule is CC(=O)N(O)CC(=O)C(C)C. The fourth-order valence-electron chi connectivity index (χ4n) is 0.442. The van der Waals surface area contributed by atoms with Crippen molar-refractivity contribution in [1.29, 1.82) is 0 Å². The molecule has 1 amide bonds. The Labute approximate surface area is 65.8 Å². The lowest BCUT2D eigenvalue weighted by Crippen LogP contribution is -2.32. The van der Waals surface area contributed by atoms with Crippen molar-refractivity contribution in [2.24, 2.45) is 5.92 Å². The number of nitrogens with zero attached hydrogens (tertiary/aromatic N) is 1. The van der Waals surface area contributed by atoms with Crippen LogP contribution in [0.2, 0.25) is 0 Å². The molecule has 0 unspecified atom stereocenters. The zero-order valence-corrected chi connectivity index (χ0v) is 7.00. The Morgan fingerprint density at radius 3 is 2.18 bits per heavy atom. The molecular weight excluding hydrogens is 146 g/mol. The summed E-state index contributed by atoms with van der Waals surface area (Å²) in [6, 6.07) is 0. The minimum atomic E-state index is -0.515. The maximum Gasteiger partial charge on any atom is 0.243 e. The molecule has 0 aromatic carbocycles. The molecule has 0 aliphatic rings. The van der Waals surface area contributed by atoms with Crippen LogP contribution in [0.25, 0.3) is 0 Å². The van der Waals surface area contributed by atoms with Gasteiger partial charge in [0.2, 0.25) is 5.91 Å². The van der Waals surface area contributed by atoms with Gasteiger partial charge in [0.1, 0.15) is 6.54 Å². The Morgan fingerprint density at radius 2 is 1.91 bits per heavy atom. The monoisotopic (exact) mass is 159 g/mol. The van der Waals surface area contributed by atoms with E-state index in [-0.39, 0.29) is 18.2 Å². The maximum absolute atomic E-state index is 10.9. The summed E-state index contributed by atoms with van der Waals surface area (Å²) in [7, 11) is 0. The molecule has 0 rings (SSSR count). The summed E-state index contributed by atoms with van der Waals surface area (Å²) in [5, 5.41) is 9.23. The predicted octanol–water partition coefficient (Wildman–Crippen LogP) is 0.449. The van der Waals surface area contributed by atoms with Crippen molar-refractivity contribution in [3.63, 3.8) is 0 Å². The van der Waals surface area contributed by atoms with Crippen LogP contribution >= 0.6 is 0 Å². The van der Waals surface area contributed by atoms with E-state index in [1.165, 1.54) is 6.92 Å². The van der Waals surface area contributed by atoms with Crippen molar-refractivity contribution in [2.45, 2.75) is 20.8 Å². The third-order valence-electron chi connectivity index (χ3n) is 1.31.